The molecule has 0 saturated heterocycles. The molecule has 3 aromatic rings. The van der Waals surface area contributed by atoms with Gasteiger partial charge in [-0.25, -0.2) is 4.99 Å². The highest BCUT2D eigenvalue weighted by atomic mass is 35.5. The first-order valence-electron chi connectivity index (χ1n) is 8.58. The van der Waals surface area contributed by atoms with Gasteiger partial charge in [0, 0.05) is 21.7 Å². The molecular weight excluding hydrogens is 358 g/mol. The number of fused-ring (bicyclic) bond motifs is 1. The number of aryl methyl sites for hydroxylation is 1. The van der Waals surface area contributed by atoms with E-state index in [-0.39, 0.29) is 0 Å². The van der Waals surface area contributed by atoms with Crippen molar-refractivity contribution in [1.82, 2.24) is 5.43 Å². The van der Waals surface area contributed by atoms with E-state index in [1.54, 1.807) is 7.11 Å². The topological polar surface area (TPSA) is 46.0 Å². The number of aliphatic imine (C=N–C) groups is 1. The first-order valence-corrected chi connectivity index (χ1v) is 8.95. The lowest BCUT2D eigenvalue weighted by atomic mass is 9.99. The molecule has 1 N–H and O–H groups in total. The Morgan fingerprint density at radius 3 is 2.30 bits per heavy atom. The Labute approximate surface area is 163 Å². The van der Waals surface area contributed by atoms with Crippen LogP contribution in [0.4, 0.5) is 5.69 Å². The van der Waals surface area contributed by atoms with Gasteiger partial charge in [-0.15, -0.1) is 0 Å². The van der Waals surface area contributed by atoms with Crippen LogP contribution in [0.2, 0.25) is 5.02 Å². The molecule has 0 amide bonds. The average molecular weight is 376 g/mol. The Kier molecular flexibility index (Phi) is 4.65. The fraction of sp³-hybridized carbons (Fsp3) is 0.0909. The number of benzene rings is 3. The van der Waals surface area contributed by atoms with Crippen molar-refractivity contribution in [3.05, 3.63) is 94.0 Å². The molecule has 4 nitrogen and oxygen atoms in total. The van der Waals surface area contributed by atoms with Crippen LogP contribution in [0.5, 0.6) is 5.75 Å². The van der Waals surface area contributed by atoms with Crippen LogP contribution in [0, 0.1) is 6.92 Å². The van der Waals surface area contributed by atoms with E-state index in [4.69, 9.17) is 21.3 Å². The lowest BCUT2D eigenvalue weighted by Gasteiger charge is -2.09. The van der Waals surface area contributed by atoms with E-state index in [1.165, 1.54) is 0 Å². The highest BCUT2D eigenvalue weighted by Crippen LogP contribution is 2.27. The molecule has 27 heavy (non-hydrogen) atoms. The van der Waals surface area contributed by atoms with E-state index in [2.05, 4.69) is 29.6 Å². The summed E-state index contributed by atoms with van der Waals surface area (Å²) in [4.78, 5) is 4.81. The molecule has 0 atom stereocenters. The van der Waals surface area contributed by atoms with Gasteiger partial charge in [-0.05, 0) is 67.6 Å². The molecule has 0 fully saturated rings. The van der Waals surface area contributed by atoms with E-state index in [0.29, 0.717) is 10.9 Å². The summed E-state index contributed by atoms with van der Waals surface area (Å²) in [6, 6.07) is 21.6. The molecule has 0 radical (unpaired) electrons. The number of ether oxygens (including phenoxy) is 1. The van der Waals surface area contributed by atoms with Gasteiger partial charge in [0.15, 0.2) is 5.84 Å². The van der Waals surface area contributed by atoms with Crippen molar-refractivity contribution in [2.24, 2.45) is 10.1 Å². The summed E-state index contributed by atoms with van der Waals surface area (Å²) in [5.41, 5.74) is 8.87. The second-order valence-corrected chi connectivity index (χ2v) is 6.73. The van der Waals surface area contributed by atoms with Crippen LogP contribution in [0.3, 0.4) is 0 Å². The monoisotopic (exact) mass is 375 g/mol. The van der Waals surface area contributed by atoms with E-state index < -0.39 is 0 Å². The quantitative estimate of drug-likeness (QED) is 0.693. The third kappa shape index (κ3) is 3.57. The minimum Gasteiger partial charge on any atom is -0.497 e. The number of amidine groups is 1. The largest absolute Gasteiger partial charge is 0.497 e. The third-order valence-electron chi connectivity index (χ3n) is 4.39. The number of hydrogen-bond donors (Lipinski definition) is 1. The zero-order chi connectivity index (χ0) is 18.8. The maximum Gasteiger partial charge on any atom is 0.154 e. The van der Waals surface area contributed by atoms with Crippen LogP contribution < -0.4 is 10.2 Å². The van der Waals surface area contributed by atoms with Gasteiger partial charge >= 0.3 is 0 Å². The Bertz CT molecular complexity index is 1040. The van der Waals surface area contributed by atoms with Gasteiger partial charge in [-0.1, -0.05) is 23.2 Å². The predicted molar refractivity (Wildman–Crippen MR) is 111 cm³/mol. The molecule has 1 aliphatic rings. The lowest BCUT2D eigenvalue weighted by Crippen LogP contribution is -2.19. The van der Waals surface area contributed by atoms with Crippen molar-refractivity contribution in [2.75, 3.05) is 7.11 Å². The number of rotatable bonds is 3. The second kappa shape index (κ2) is 7.25. The molecule has 0 saturated carbocycles. The summed E-state index contributed by atoms with van der Waals surface area (Å²) >= 11 is 6.01. The second-order valence-electron chi connectivity index (χ2n) is 6.29. The maximum absolute atomic E-state index is 6.01. The first-order chi connectivity index (χ1) is 13.1. The maximum atomic E-state index is 6.01. The summed E-state index contributed by atoms with van der Waals surface area (Å²) in [5, 5.41) is 5.36. The Morgan fingerprint density at radius 1 is 0.889 bits per heavy atom. The van der Waals surface area contributed by atoms with Gasteiger partial charge in [-0.2, -0.15) is 5.10 Å². The van der Waals surface area contributed by atoms with Gasteiger partial charge in [0.25, 0.3) is 0 Å². The summed E-state index contributed by atoms with van der Waals surface area (Å²) < 4.78 is 5.27. The zero-order valence-corrected chi connectivity index (χ0v) is 15.8. The fourth-order valence-electron chi connectivity index (χ4n) is 2.96. The number of nitrogens with zero attached hydrogens (tertiary/aromatic N) is 2. The van der Waals surface area contributed by atoms with Crippen molar-refractivity contribution in [1.29, 1.82) is 0 Å². The third-order valence-corrected chi connectivity index (χ3v) is 4.65. The predicted octanol–water partition coefficient (Wildman–Crippen LogP) is 5.09. The van der Waals surface area contributed by atoms with Gasteiger partial charge in [0.1, 0.15) is 5.75 Å². The minimum absolute atomic E-state index is 0.681. The van der Waals surface area contributed by atoms with E-state index in [9.17, 15) is 0 Å². The van der Waals surface area contributed by atoms with E-state index in [0.717, 1.165) is 39.4 Å². The molecule has 1 aliphatic heterocycles. The van der Waals surface area contributed by atoms with Crippen LogP contribution >= 0.6 is 11.6 Å². The summed E-state index contributed by atoms with van der Waals surface area (Å²) in [6.45, 7) is 2.06. The summed E-state index contributed by atoms with van der Waals surface area (Å²) in [5.74, 6) is 1.49. The van der Waals surface area contributed by atoms with Gasteiger partial charge < -0.3 is 4.74 Å². The van der Waals surface area contributed by atoms with Gasteiger partial charge in [0.2, 0.25) is 0 Å². The van der Waals surface area contributed by atoms with Gasteiger partial charge in [0.05, 0.1) is 18.5 Å². The normalized spacial score (nSPS) is 13.0. The number of hydrazone groups is 1. The van der Waals surface area contributed by atoms with Crippen LogP contribution in [0.15, 0.2) is 76.8 Å². The molecule has 134 valence electrons. The van der Waals surface area contributed by atoms with Crippen LogP contribution in [-0.2, 0) is 0 Å². The van der Waals surface area contributed by atoms with Crippen LogP contribution in [0.1, 0.15) is 22.3 Å². The highest BCUT2D eigenvalue weighted by molar-refractivity contribution is 6.30. The SMILES string of the molecule is COc1ccc(C2=NNC(c3ccc(Cl)cc3)=Nc3ccc(C)cc32)cc1. The zero-order valence-electron chi connectivity index (χ0n) is 15.0. The highest BCUT2D eigenvalue weighted by Gasteiger charge is 2.17. The Balaban J connectivity index is 1.83. The smallest absolute Gasteiger partial charge is 0.154 e. The number of nitrogens with one attached hydrogen (secondary N) is 1. The van der Waals surface area contributed by atoms with Crippen LogP contribution in [0.25, 0.3) is 0 Å². The molecule has 5 heteroatoms. The van der Waals surface area contributed by atoms with Crippen molar-refractivity contribution in [3.8, 4) is 5.75 Å². The average Bonchev–Trinajstić information content (AvgIpc) is 2.88. The summed E-state index contributed by atoms with van der Waals surface area (Å²) in [7, 11) is 1.66. The van der Waals surface area contributed by atoms with E-state index in [1.807, 2.05) is 54.6 Å². The molecule has 0 aromatic heterocycles. The standard InChI is InChI=1S/C22H18ClN3O/c1-14-3-12-20-19(13-14)21(15-6-10-18(27-2)11-7-15)25-26-22(24-20)16-4-8-17(23)9-5-16/h3-13H,1-2H3,(H,24,26). The minimum atomic E-state index is 0.681. The van der Waals surface area contributed by atoms with Crippen LogP contribution in [-0.4, -0.2) is 18.7 Å². The fourth-order valence-corrected chi connectivity index (χ4v) is 3.08. The molecule has 3 aromatic carbocycles. The molecular formula is C22H18ClN3O. The molecule has 0 unspecified atom stereocenters. The van der Waals surface area contributed by atoms with Crippen molar-refractivity contribution < 1.29 is 4.74 Å². The molecule has 0 aliphatic carbocycles. The van der Waals surface area contributed by atoms with Gasteiger partial charge in [-0.3, -0.25) is 5.43 Å². The number of halogens is 1. The molecule has 0 bridgehead atoms. The summed E-state index contributed by atoms with van der Waals surface area (Å²) in [6.07, 6.45) is 0. The van der Waals surface area contributed by atoms with Crippen molar-refractivity contribution >= 4 is 28.8 Å². The molecule has 4 rings (SSSR count). The Hall–Kier alpha value is -3.11. The lowest BCUT2D eigenvalue weighted by molar-refractivity contribution is 0.415. The van der Waals surface area contributed by atoms with E-state index >= 15 is 0 Å². The number of hydrogen-bond acceptors (Lipinski definition) is 4. The van der Waals surface area contributed by atoms with Crippen molar-refractivity contribution in [3.63, 3.8) is 0 Å². The first kappa shape index (κ1) is 17.3. The van der Waals surface area contributed by atoms with Crippen molar-refractivity contribution in [2.45, 2.75) is 6.92 Å². The molecule has 0 spiro atoms. The number of methoxy groups -OCH3 is 1. The molecule has 1 heterocycles. The Morgan fingerprint density at radius 2 is 1.59 bits per heavy atom.